The van der Waals surface area contributed by atoms with Crippen molar-refractivity contribution < 1.29 is 57.1 Å². The van der Waals surface area contributed by atoms with E-state index in [4.69, 9.17) is 37.9 Å². The monoisotopic (exact) mass is 1200 g/mol. The van der Waals surface area contributed by atoms with Crippen LogP contribution >= 0.6 is 22.7 Å². The van der Waals surface area contributed by atoms with Crippen LogP contribution in [0.1, 0.15) is 151 Å². The second-order valence-electron chi connectivity index (χ2n) is 22.6. The van der Waals surface area contributed by atoms with Crippen molar-refractivity contribution in [2.45, 2.75) is 140 Å². The van der Waals surface area contributed by atoms with E-state index < -0.39 is 0 Å². The summed E-state index contributed by atoms with van der Waals surface area (Å²) >= 11 is 3.07. The fraction of sp³-hybridized carbons (Fsp3) is 0.417. The fourth-order valence-electron chi connectivity index (χ4n) is 11.7. The first kappa shape index (κ1) is 63.1. The Morgan fingerprint density at radius 1 is 0.430 bits per heavy atom. The largest absolute Gasteiger partial charge is 0.497 e. The number of thiophene rings is 2. The molecule has 0 N–H and O–H groups in total. The van der Waals surface area contributed by atoms with Crippen LogP contribution < -0.4 is 28.4 Å². The molecule has 0 unspecified atom stereocenters. The second-order valence-corrected chi connectivity index (χ2v) is 24.7. The first-order valence-electron chi connectivity index (χ1n) is 30.9. The number of esters is 4. The number of hydrogen-bond donors (Lipinski definition) is 0. The van der Waals surface area contributed by atoms with Gasteiger partial charge in [-0.1, -0.05) is 88.8 Å². The summed E-state index contributed by atoms with van der Waals surface area (Å²) in [5, 5.41) is 1.47. The van der Waals surface area contributed by atoms with Crippen LogP contribution in [0, 0.1) is 11.8 Å². The molecule has 454 valence electrons. The van der Waals surface area contributed by atoms with Crippen LogP contribution in [-0.2, 0) is 28.7 Å². The number of ether oxygens (including phenoxy) is 8. The van der Waals surface area contributed by atoms with Gasteiger partial charge in [-0.25, -0.2) is 9.59 Å². The van der Waals surface area contributed by atoms with Gasteiger partial charge in [0.1, 0.15) is 23.0 Å². The molecule has 14 heteroatoms. The molecule has 0 saturated heterocycles. The molecule has 7 aromatic rings. The molecular weight excluding hydrogens is 1120 g/mol. The predicted molar refractivity (Wildman–Crippen MR) is 343 cm³/mol. The van der Waals surface area contributed by atoms with Crippen LogP contribution in [0.2, 0.25) is 0 Å². The zero-order valence-electron chi connectivity index (χ0n) is 50.0. The molecule has 2 aromatic heterocycles. The van der Waals surface area contributed by atoms with Crippen molar-refractivity contribution in [1.29, 1.82) is 0 Å². The number of rotatable bonds is 32. The highest BCUT2D eigenvalue weighted by atomic mass is 32.1. The molecule has 12 nitrogen and oxygen atoms in total. The van der Waals surface area contributed by atoms with Gasteiger partial charge in [-0.2, -0.15) is 0 Å². The summed E-state index contributed by atoms with van der Waals surface area (Å²) < 4.78 is 48.3. The fourth-order valence-corrected chi connectivity index (χ4v) is 14.0. The van der Waals surface area contributed by atoms with E-state index in [1.54, 1.807) is 14.2 Å². The lowest BCUT2D eigenvalue weighted by Crippen LogP contribution is -2.25. The summed E-state index contributed by atoms with van der Waals surface area (Å²) in [6.07, 6.45) is 21.1. The van der Waals surface area contributed by atoms with E-state index in [1.807, 2.05) is 48.5 Å². The number of hydrogen-bond acceptors (Lipinski definition) is 14. The van der Waals surface area contributed by atoms with Gasteiger partial charge in [0, 0.05) is 32.7 Å². The molecule has 9 rings (SSSR count). The lowest BCUT2D eigenvalue weighted by atomic mass is 9.79. The van der Waals surface area contributed by atoms with Crippen LogP contribution in [0.15, 0.2) is 135 Å². The average Bonchev–Trinajstić information content (AvgIpc) is 1.72. The van der Waals surface area contributed by atoms with E-state index in [2.05, 4.69) is 73.8 Å². The van der Waals surface area contributed by atoms with E-state index in [9.17, 15) is 19.2 Å². The lowest BCUT2D eigenvalue weighted by molar-refractivity contribution is -0.140. The highest BCUT2D eigenvalue weighted by Crippen LogP contribution is 2.54. The van der Waals surface area contributed by atoms with Gasteiger partial charge in [0.25, 0.3) is 0 Å². The predicted octanol–water partition coefficient (Wildman–Crippen LogP) is 18.1. The first-order valence-corrected chi connectivity index (χ1v) is 32.5. The standard InChI is InChI=1S/C72H82O12S2/c1-5-65(73)81-45-17-13-9-7-11-15-43-79-59-39-27-51(28-40-59)49-19-23-55(24-20-49)71(75)83-67-61-47-63(53-31-35-57(77-3)36-32-53)86-70(61)68(62-48-64(85-69(62)67)54-33-37-58(78-4)38-34-54)84-72(76)56-25-21-50(22-26-56)52-29-41-60(42-30-52)80-44-16-12-8-10-14-18-46-82-66(74)6-2/h5-6,27-42,47-50,55-56H,1-2,7-26,43-46H2,3-4H3. The second kappa shape index (κ2) is 32.4. The summed E-state index contributed by atoms with van der Waals surface area (Å²) in [5.74, 6) is 3.09. The van der Waals surface area contributed by atoms with Crippen molar-refractivity contribution >= 4 is 66.7 Å². The Kier molecular flexibility index (Phi) is 23.7. The Morgan fingerprint density at radius 3 is 1.09 bits per heavy atom. The van der Waals surface area contributed by atoms with Gasteiger partial charge in [-0.15, -0.1) is 22.7 Å². The van der Waals surface area contributed by atoms with Gasteiger partial charge in [-0.3, -0.25) is 9.59 Å². The first-order chi connectivity index (χ1) is 42.1. The Labute approximate surface area is 514 Å². The van der Waals surface area contributed by atoms with Crippen molar-refractivity contribution in [2.24, 2.45) is 11.8 Å². The van der Waals surface area contributed by atoms with Crippen molar-refractivity contribution in [3.8, 4) is 55.4 Å². The number of methoxy groups -OCH3 is 2. The molecule has 2 fully saturated rings. The van der Waals surface area contributed by atoms with E-state index >= 15 is 0 Å². The topological polar surface area (TPSA) is 142 Å². The number of carbonyl (C=O) groups is 4. The minimum Gasteiger partial charge on any atom is -0.497 e. The molecule has 2 aliphatic carbocycles. The summed E-state index contributed by atoms with van der Waals surface area (Å²) in [4.78, 5) is 53.6. The summed E-state index contributed by atoms with van der Waals surface area (Å²) in [7, 11) is 3.30. The van der Waals surface area contributed by atoms with Crippen LogP contribution in [0.5, 0.6) is 34.5 Å². The molecule has 2 aliphatic rings. The number of fused-ring (bicyclic) bond motifs is 2. The zero-order chi connectivity index (χ0) is 60.0. The zero-order valence-corrected chi connectivity index (χ0v) is 51.6. The summed E-state index contributed by atoms with van der Waals surface area (Å²) in [6, 6.07) is 36.9. The van der Waals surface area contributed by atoms with E-state index in [0.29, 0.717) is 75.4 Å². The SMILES string of the molecule is C=CC(=O)OCCCCCCCCOc1ccc(C2CCC(C(=O)Oc3c4cc(-c5ccc(OC)cc5)sc4c(OC(=O)C4CCC(c5ccc(OCCCCCCCCOC(=O)C=C)cc5)CC4)c4cc(-c5ccc(OC)cc5)sc34)CC2)cc1. The molecule has 0 radical (unpaired) electrons. The van der Waals surface area contributed by atoms with Gasteiger partial charge in [-0.05, 0) is 196 Å². The number of benzene rings is 5. The molecule has 0 bridgehead atoms. The van der Waals surface area contributed by atoms with E-state index in [0.717, 1.165) is 167 Å². The Balaban J connectivity index is 0.849. The minimum atomic E-state index is -0.365. The lowest BCUT2D eigenvalue weighted by Gasteiger charge is -2.28. The van der Waals surface area contributed by atoms with Gasteiger partial charge in [0.2, 0.25) is 0 Å². The van der Waals surface area contributed by atoms with Crippen molar-refractivity contribution in [2.75, 3.05) is 40.6 Å². The third kappa shape index (κ3) is 17.4. The molecule has 86 heavy (non-hydrogen) atoms. The quantitative estimate of drug-likeness (QED) is 0.0171. The minimum absolute atomic E-state index is 0.245. The number of unbranched alkanes of at least 4 members (excludes halogenated alkanes) is 10. The van der Waals surface area contributed by atoms with Crippen LogP contribution in [0.3, 0.4) is 0 Å². The third-order valence-corrected chi connectivity index (χ3v) is 19.1. The van der Waals surface area contributed by atoms with Crippen LogP contribution in [0.4, 0.5) is 0 Å². The Morgan fingerprint density at radius 2 is 0.756 bits per heavy atom. The summed E-state index contributed by atoms with van der Waals surface area (Å²) in [6.45, 7) is 9.08. The molecule has 2 heterocycles. The third-order valence-electron chi connectivity index (χ3n) is 16.8. The molecule has 0 aliphatic heterocycles. The highest BCUT2D eigenvalue weighted by Gasteiger charge is 2.34. The number of carbonyl (C=O) groups excluding carboxylic acids is 4. The van der Waals surface area contributed by atoms with Gasteiger partial charge in [0.15, 0.2) is 11.5 Å². The van der Waals surface area contributed by atoms with Gasteiger partial charge in [0.05, 0.1) is 61.9 Å². The van der Waals surface area contributed by atoms with Crippen molar-refractivity contribution in [1.82, 2.24) is 0 Å². The molecule has 5 aromatic carbocycles. The Bertz CT molecular complexity index is 3050. The van der Waals surface area contributed by atoms with Gasteiger partial charge >= 0.3 is 23.9 Å². The maximum Gasteiger partial charge on any atom is 0.330 e. The molecular formula is C72H82O12S2. The van der Waals surface area contributed by atoms with Crippen molar-refractivity contribution in [3.05, 3.63) is 146 Å². The van der Waals surface area contributed by atoms with Crippen LogP contribution in [0.25, 0.3) is 41.1 Å². The average molecular weight is 1200 g/mol. The molecule has 0 atom stereocenters. The summed E-state index contributed by atoms with van der Waals surface area (Å²) in [5.41, 5.74) is 4.44. The van der Waals surface area contributed by atoms with E-state index in [1.165, 1.54) is 46.0 Å². The highest BCUT2D eigenvalue weighted by molar-refractivity contribution is 7.24. The molecule has 2 saturated carbocycles. The maximum absolute atomic E-state index is 14.7. The smallest absolute Gasteiger partial charge is 0.330 e. The van der Waals surface area contributed by atoms with Gasteiger partial charge < -0.3 is 37.9 Å². The normalized spacial score (nSPS) is 16.7. The van der Waals surface area contributed by atoms with Crippen molar-refractivity contribution in [3.63, 3.8) is 0 Å². The van der Waals surface area contributed by atoms with Crippen LogP contribution in [-0.4, -0.2) is 64.5 Å². The maximum atomic E-state index is 14.7. The van der Waals surface area contributed by atoms with E-state index in [-0.39, 0.29) is 35.7 Å². The molecule has 0 spiro atoms. The molecule has 0 amide bonds. The Hall–Kier alpha value is -7.42.